The quantitative estimate of drug-likeness (QED) is 0.452. The van der Waals surface area contributed by atoms with Crippen LogP contribution in [0.5, 0.6) is 0 Å². The second kappa shape index (κ2) is 6.89. The summed E-state index contributed by atoms with van der Waals surface area (Å²) in [5.41, 5.74) is 2.43. The van der Waals surface area contributed by atoms with Crippen molar-refractivity contribution < 1.29 is 4.79 Å². The molecule has 0 bridgehead atoms. The Morgan fingerprint density at radius 2 is 2.03 bits per heavy atom. The third-order valence-corrected chi connectivity index (χ3v) is 6.45. The van der Waals surface area contributed by atoms with Crippen molar-refractivity contribution in [3.05, 3.63) is 48.2 Å². The van der Waals surface area contributed by atoms with Gasteiger partial charge in [0, 0.05) is 29.3 Å². The van der Waals surface area contributed by atoms with Crippen LogP contribution >= 0.6 is 23.1 Å². The fourth-order valence-electron chi connectivity index (χ4n) is 3.08. The SMILES string of the molecule is O=C(Nc1cn2nc(Sc3nnc4ccc(-c5nccs5)cn34)ccc2n1)C1CC1. The monoisotopic (exact) mass is 434 g/mol. The maximum absolute atomic E-state index is 12.0. The van der Waals surface area contributed by atoms with Crippen molar-refractivity contribution in [2.45, 2.75) is 23.0 Å². The Kier molecular flexibility index (Phi) is 4.03. The molecule has 1 N–H and O–H groups in total. The molecule has 5 aromatic rings. The summed E-state index contributed by atoms with van der Waals surface area (Å²) >= 11 is 2.99. The highest BCUT2D eigenvalue weighted by Gasteiger charge is 2.30. The third-order valence-electron chi connectivity index (χ3n) is 4.74. The van der Waals surface area contributed by atoms with Crippen molar-refractivity contribution in [2.24, 2.45) is 5.92 Å². The predicted molar refractivity (Wildman–Crippen MR) is 113 cm³/mol. The largest absolute Gasteiger partial charge is 0.309 e. The lowest BCUT2D eigenvalue weighted by molar-refractivity contribution is -0.117. The molecule has 1 aliphatic rings. The molecular formula is C19H14N8OS2. The molecule has 0 spiro atoms. The van der Waals surface area contributed by atoms with E-state index >= 15 is 0 Å². The van der Waals surface area contributed by atoms with Gasteiger partial charge in [-0.1, -0.05) is 0 Å². The van der Waals surface area contributed by atoms with Gasteiger partial charge in [-0.3, -0.25) is 9.20 Å². The lowest BCUT2D eigenvalue weighted by atomic mass is 10.3. The number of imidazole rings is 1. The Bertz CT molecular complexity index is 1390. The summed E-state index contributed by atoms with van der Waals surface area (Å²) in [6, 6.07) is 7.66. The summed E-state index contributed by atoms with van der Waals surface area (Å²) < 4.78 is 3.59. The van der Waals surface area contributed by atoms with E-state index < -0.39 is 0 Å². The summed E-state index contributed by atoms with van der Waals surface area (Å²) in [6.07, 6.45) is 7.40. The standard InChI is InChI=1S/C19H14N8OS2/c28-17(11-1-2-11)22-13-10-27-14(21-13)5-6-16(25-27)30-19-24-23-15-4-3-12(9-26(15)19)18-20-7-8-29-18/h3-11H,1-2H2,(H,22,28). The number of thiazole rings is 1. The predicted octanol–water partition coefficient (Wildman–Crippen LogP) is 3.40. The lowest BCUT2D eigenvalue weighted by Gasteiger charge is -2.02. The first-order valence-electron chi connectivity index (χ1n) is 9.33. The van der Waals surface area contributed by atoms with Gasteiger partial charge >= 0.3 is 0 Å². The van der Waals surface area contributed by atoms with Crippen LogP contribution in [0.25, 0.3) is 21.9 Å². The molecule has 30 heavy (non-hydrogen) atoms. The van der Waals surface area contributed by atoms with Crippen LogP contribution in [0.15, 0.2) is 58.4 Å². The van der Waals surface area contributed by atoms with Crippen molar-refractivity contribution in [3.63, 3.8) is 0 Å². The topological polar surface area (TPSA) is 102 Å². The zero-order valence-corrected chi connectivity index (χ0v) is 17.1. The highest BCUT2D eigenvalue weighted by molar-refractivity contribution is 7.99. The molecular weight excluding hydrogens is 420 g/mol. The van der Waals surface area contributed by atoms with Crippen LogP contribution in [0.4, 0.5) is 5.82 Å². The molecule has 1 fully saturated rings. The molecule has 5 aromatic heterocycles. The van der Waals surface area contributed by atoms with E-state index in [0.717, 1.165) is 34.1 Å². The summed E-state index contributed by atoms with van der Waals surface area (Å²) in [7, 11) is 0. The number of carbonyl (C=O) groups is 1. The summed E-state index contributed by atoms with van der Waals surface area (Å²) in [5, 5.41) is 20.3. The summed E-state index contributed by atoms with van der Waals surface area (Å²) in [5.74, 6) is 0.672. The van der Waals surface area contributed by atoms with Gasteiger partial charge in [0.15, 0.2) is 17.1 Å². The average molecular weight is 435 g/mol. The van der Waals surface area contributed by atoms with Gasteiger partial charge in [-0.15, -0.1) is 21.5 Å². The second-order valence-electron chi connectivity index (χ2n) is 6.93. The van der Waals surface area contributed by atoms with E-state index in [0.29, 0.717) is 16.6 Å². The number of hydrogen-bond donors (Lipinski definition) is 1. The second-order valence-corrected chi connectivity index (χ2v) is 8.81. The Labute approximate surface area is 178 Å². The zero-order valence-electron chi connectivity index (χ0n) is 15.5. The van der Waals surface area contributed by atoms with Crippen LogP contribution < -0.4 is 5.32 Å². The number of anilines is 1. The Morgan fingerprint density at radius 3 is 2.87 bits per heavy atom. The fraction of sp³-hybridized carbons (Fsp3) is 0.158. The van der Waals surface area contributed by atoms with E-state index in [2.05, 4.69) is 30.6 Å². The van der Waals surface area contributed by atoms with Crippen LogP contribution in [0.1, 0.15) is 12.8 Å². The number of hydrogen-bond acceptors (Lipinski definition) is 8. The van der Waals surface area contributed by atoms with Gasteiger partial charge in [0.25, 0.3) is 0 Å². The highest BCUT2D eigenvalue weighted by Crippen LogP contribution is 2.30. The van der Waals surface area contributed by atoms with E-state index in [9.17, 15) is 4.79 Å². The molecule has 148 valence electrons. The number of nitrogens with one attached hydrogen (secondary N) is 1. The van der Waals surface area contributed by atoms with Gasteiger partial charge in [-0.25, -0.2) is 14.5 Å². The minimum atomic E-state index is 0.0268. The van der Waals surface area contributed by atoms with E-state index in [4.69, 9.17) is 0 Å². The minimum absolute atomic E-state index is 0.0268. The first-order valence-corrected chi connectivity index (χ1v) is 11.0. The lowest BCUT2D eigenvalue weighted by Crippen LogP contribution is -2.13. The molecule has 6 rings (SSSR count). The van der Waals surface area contributed by atoms with Crippen LogP contribution in [0.3, 0.4) is 0 Å². The van der Waals surface area contributed by atoms with Crippen molar-refractivity contribution in [3.8, 4) is 10.6 Å². The van der Waals surface area contributed by atoms with Crippen LogP contribution in [-0.4, -0.2) is 40.1 Å². The minimum Gasteiger partial charge on any atom is -0.309 e. The number of aromatic nitrogens is 7. The van der Waals surface area contributed by atoms with Gasteiger partial charge in [-0.05, 0) is 48.9 Å². The molecule has 0 saturated heterocycles. The summed E-state index contributed by atoms with van der Waals surface area (Å²) in [4.78, 5) is 20.7. The smallest absolute Gasteiger partial charge is 0.228 e. The molecule has 0 unspecified atom stereocenters. The number of amides is 1. The first-order chi connectivity index (χ1) is 14.7. The zero-order chi connectivity index (χ0) is 20.1. The number of rotatable bonds is 5. The fourth-order valence-corrected chi connectivity index (χ4v) is 4.49. The Balaban J connectivity index is 1.29. The molecule has 1 amide bonds. The van der Waals surface area contributed by atoms with Crippen molar-refractivity contribution in [1.29, 1.82) is 0 Å². The Morgan fingerprint density at radius 1 is 1.13 bits per heavy atom. The van der Waals surface area contributed by atoms with E-state index in [1.54, 1.807) is 28.2 Å². The third kappa shape index (κ3) is 3.21. The van der Waals surface area contributed by atoms with E-state index in [-0.39, 0.29) is 11.8 Å². The van der Waals surface area contributed by atoms with Gasteiger partial charge in [0.2, 0.25) is 11.1 Å². The number of fused-ring (bicyclic) bond motifs is 2. The number of pyridine rings is 1. The van der Waals surface area contributed by atoms with Crippen LogP contribution in [-0.2, 0) is 4.79 Å². The van der Waals surface area contributed by atoms with Crippen molar-refractivity contribution >= 4 is 46.1 Å². The average Bonchev–Trinajstić information content (AvgIpc) is 3.14. The maximum atomic E-state index is 12.0. The van der Waals surface area contributed by atoms with Crippen molar-refractivity contribution in [2.75, 3.05) is 5.32 Å². The molecule has 5 heterocycles. The van der Waals surface area contributed by atoms with Gasteiger partial charge in [0.1, 0.15) is 10.0 Å². The molecule has 9 nitrogen and oxygen atoms in total. The highest BCUT2D eigenvalue weighted by atomic mass is 32.2. The van der Waals surface area contributed by atoms with E-state index in [1.807, 2.05) is 40.2 Å². The first kappa shape index (κ1) is 17.5. The molecule has 1 aliphatic carbocycles. The maximum Gasteiger partial charge on any atom is 0.228 e. The Hall–Kier alpha value is -3.31. The van der Waals surface area contributed by atoms with Gasteiger partial charge in [-0.2, -0.15) is 5.10 Å². The van der Waals surface area contributed by atoms with Crippen molar-refractivity contribution in [1.82, 2.24) is 34.2 Å². The number of nitrogens with zero attached hydrogens (tertiary/aromatic N) is 7. The van der Waals surface area contributed by atoms with Crippen LogP contribution in [0, 0.1) is 5.92 Å². The molecule has 0 aromatic carbocycles. The summed E-state index contributed by atoms with van der Waals surface area (Å²) in [6.45, 7) is 0. The number of carbonyl (C=O) groups excluding carboxylic acids is 1. The van der Waals surface area contributed by atoms with Crippen LogP contribution in [0.2, 0.25) is 0 Å². The molecule has 0 atom stereocenters. The molecule has 0 radical (unpaired) electrons. The normalized spacial score (nSPS) is 13.9. The molecule has 0 aliphatic heterocycles. The van der Waals surface area contributed by atoms with E-state index in [1.165, 1.54) is 11.8 Å². The molecule has 11 heteroatoms. The van der Waals surface area contributed by atoms with Gasteiger partial charge in [0.05, 0.1) is 6.20 Å². The molecule has 1 saturated carbocycles. The van der Waals surface area contributed by atoms with Gasteiger partial charge < -0.3 is 5.32 Å².